The molecule has 0 aliphatic heterocycles. The summed E-state index contributed by atoms with van der Waals surface area (Å²) >= 11 is 0. The molecule has 1 N–H and O–H groups in total. The highest BCUT2D eigenvalue weighted by Crippen LogP contribution is 2.42. The maximum absolute atomic E-state index is 3.80. The summed E-state index contributed by atoms with van der Waals surface area (Å²) in [6, 6.07) is 0.680. The van der Waals surface area contributed by atoms with E-state index in [0.29, 0.717) is 11.5 Å². The lowest BCUT2D eigenvalue weighted by atomic mass is 9.78. The van der Waals surface area contributed by atoms with Gasteiger partial charge in [-0.1, -0.05) is 40.5 Å². The standard InChI is InChI=1S/C16H33N/c1-13(2)10-15(5)17-12-16(11-14(3)4)8-6-7-9-16/h13-15,17H,6-12H2,1-5H3. The summed E-state index contributed by atoms with van der Waals surface area (Å²) < 4.78 is 0. The Bertz CT molecular complexity index is 202. The van der Waals surface area contributed by atoms with Gasteiger partial charge in [-0.05, 0) is 49.9 Å². The van der Waals surface area contributed by atoms with Crippen LogP contribution < -0.4 is 5.32 Å². The number of hydrogen-bond donors (Lipinski definition) is 1. The molecule has 1 saturated carbocycles. The van der Waals surface area contributed by atoms with Crippen LogP contribution in [0.5, 0.6) is 0 Å². The van der Waals surface area contributed by atoms with Crippen LogP contribution in [-0.4, -0.2) is 12.6 Å². The van der Waals surface area contributed by atoms with E-state index in [4.69, 9.17) is 0 Å². The molecule has 0 amide bonds. The smallest absolute Gasteiger partial charge is 0.00413 e. The molecule has 0 saturated heterocycles. The van der Waals surface area contributed by atoms with E-state index in [2.05, 4.69) is 39.9 Å². The summed E-state index contributed by atoms with van der Waals surface area (Å²) in [6.45, 7) is 13.0. The zero-order valence-electron chi connectivity index (χ0n) is 12.7. The first-order chi connectivity index (χ1) is 7.93. The molecule has 0 bridgehead atoms. The fourth-order valence-electron chi connectivity index (χ4n) is 3.63. The first kappa shape index (κ1) is 15.0. The normalized spacial score (nSPS) is 21.4. The minimum atomic E-state index is 0.624. The highest BCUT2D eigenvalue weighted by Gasteiger charge is 2.34. The topological polar surface area (TPSA) is 12.0 Å². The third-order valence-electron chi connectivity index (χ3n) is 4.16. The molecule has 0 aromatic carbocycles. The lowest BCUT2D eigenvalue weighted by Crippen LogP contribution is -2.38. The Hall–Kier alpha value is -0.0400. The van der Waals surface area contributed by atoms with E-state index < -0.39 is 0 Å². The number of rotatable bonds is 7. The van der Waals surface area contributed by atoms with Gasteiger partial charge >= 0.3 is 0 Å². The zero-order chi connectivity index (χ0) is 12.9. The van der Waals surface area contributed by atoms with Crippen molar-refractivity contribution in [2.24, 2.45) is 17.3 Å². The van der Waals surface area contributed by atoms with Gasteiger partial charge < -0.3 is 5.32 Å². The fraction of sp³-hybridized carbons (Fsp3) is 1.00. The van der Waals surface area contributed by atoms with Crippen LogP contribution in [0.1, 0.15) is 73.1 Å². The number of nitrogens with one attached hydrogen (secondary N) is 1. The van der Waals surface area contributed by atoms with E-state index in [1.807, 2.05) is 0 Å². The van der Waals surface area contributed by atoms with Gasteiger partial charge in [-0.2, -0.15) is 0 Å². The molecular formula is C16H33N. The predicted molar refractivity (Wildman–Crippen MR) is 77.3 cm³/mol. The van der Waals surface area contributed by atoms with E-state index in [1.165, 1.54) is 45.1 Å². The van der Waals surface area contributed by atoms with Crippen LogP contribution >= 0.6 is 0 Å². The Morgan fingerprint density at radius 3 is 2.00 bits per heavy atom. The van der Waals surface area contributed by atoms with Crippen LogP contribution in [0, 0.1) is 17.3 Å². The van der Waals surface area contributed by atoms with Crippen molar-refractivity contribution in [3.05, 3.63) is 0 Å². The first-order valence-corrected chi connectivity index (χ1v) is 7.67. The van der Waals surface area contributed by atoms with E-state index in [1.54, 1.807) is 0 Å². The third-order valence-corrected chi connectivity index (χ3v) is 4.16. The minimum absolute atomic E-state index is 0.624. The molecule has 0 aromatic rings. The van der Waals surface area contributed by atoms with Crippen LogP contribution in [0.15, 0.2) is 0 Å². The van der Waals surface area contributed by atoms with Crippen molar-refractivity contribution in [3.63, 3.8) is 0 Å². The Labute approximate surface area is 109 Å². The Morgan fingerprint density at radius 1 is 0.941 bits per heavy atom. The van der Waals surface area contributed by atoms with E-state index in [9.17, 15) is 0 Å². The van der Waals surface area contributed by atoms with Crippen molar-refractivity contribution in [1.29, 1.82) is 0 Å². The van der Waals surface area contributed by atoms with Gasteiger partial charge in [-0.15, -0.1) is 0 Å². The summed E-state index contributed by atoms with van der Waals surface area (Å²) in [7, 11) is 0. The maximum Gasteiger partial charge on any atom is 0.00413 e. The monoisotopic (exact) mass is 239 g/mol. The molecule has 1 fully saturated rings. The highest BCUT2D eigenvalue weighted by molar-refractivity contribution is 4.88. The van der Waals surface area contributed by atoms with Crippen molar-refractivity contribution in [1.82, 2.24) is 5.32 Å². The summed E-state index contributed by atoms with van der Waals surface area (Å²) in [5.41, 5.74) is 0.624. The average molecular weight is 239 g/mol. The maximum atomic E-state index is 3.80. The van der Waals surface area contributed by atoms with Gasteiger partial charge in [0.15, 0.2) is 0 Å². The SMILES string of the molecule is CC(C)CC(C)NCC1(CC(C)C)CCCC1. The van der Waals surface area contributed by atoms with Gasteiger partial charge in [-0.3, -0.25) is 0 Å². The molecule has 1 atom stereocenters. The molecule has 1 heteroatoms. The van der Waals surface area contributed by atoms with Crippen LogP contribution in [0.3, 0.4) is 0 Å². The molecule has 1 aliphatic carbocycles. The van der Waals surface area contributed by atoms with E-state index in [0.717, 1.165) is 11.8 Å². The van der Waals surface area contributed by atoms with Crippen molar-refractivity contribution < 1.29 is 0 Å². The van der Waals surface area contributed by atoms with E-state index >= 15 is 0 Å². The van der Waals surface area contributed by atoms with Crippen molar-refractivity contribution in [2.75, 3.05) is 6.54 Å². The Balaban J connectivity index is 2.39. The number of hydrogen-bond acceptors (Lipinski definition) is 1. The quantitative estimate of drug-likeness (QED) is 0.683. The molecule has 1 unspecified atom stereocenters. The summed E-state index contributed by atoms with van der Waals surface area (Å²) in [4.78, 5) is 0. The molecule has 1 nitrogen and oxygen atoms in total. The lowest BCUT2D eigenvalue weighted by Gasteiger charge is -2.33. The van der Waals surface area contributed by atoms with Crippen LogP contribution in [-0.2, 0) is 0 Å². The van der Waals surface area contributed by atoms with Crippen molar-refractivity contribution in [3.8, 4) is 0 Å². The van der Waals surface area contributed by atoms with Crippen LogP contribution in [0.4, 0.5) is 0 Å². The molecule has 1 rings (SSSR count). The fourth-order valence-corrected chi connectivity index (χ4v) is 3.63. The second kappa shape index (κ2) is 6.78. The van der Waals surface area contributed by atoms with Crippen LogP contribution in [0.25, 0.3) is 0 Å². The molecule has 17 heavy (non-hydrogen) atoms. The first-order valence-electron chi connectivity index (χ1n) is 7.67. The van der Waals surface area contributed by atoms with Gasteiger partial charge in [0.1, 0.15) is 0 Å². The Morgan fingerprint density at radius 2 is 1.53 bits per heavy atom. The predicted octanol–water partition coefficient (Wildman–Crippen LogP) is 4.62. The Kier molecular flexibility index (Phi) is 5.99. The molecule has 1 aliphatic rings. The summed E-state index contributed by atoms with van der Waals surface area (Å²) in [6.07, 6.45) is 8.52. The van der Waals surface area contributed by atoms with Gasteiger partial charge in [0.2, 0.25) is 0 Å². The molecule has 102 valence electrons. The van der Waals surface area contributed by atoms with Crippen molar-refractivity contribution >= 4 is 0 Å². The van der Waals surface area contributed by atoms with Gasteiger partial charge in [0.05, 0.1) is 0 Å². The summed E-state index contributed by atoms with van der Waals surface area (Å²) in [5.74, 6) is 1.65. The molecule has 0 radical (unpaired) electrons. The molecule has 0 spiro atoms. The van der Waals surface area contributed by atoms with Gasteiger partial charge in [-0.25, -0.2) is 0 Å². The largest absolute Gasteiger partial charge is 0.314 e. The molecule has 0 heterocycles. The summed E-state index contributed by atoms with van der Waals surface area (Å²) in [5, 5.41) is 3.80. The van der Waals surface area contributed by atoms with Crippen LogP contribution in [0.2, 0.25) is 0 Å². The zero-order valence-corrected chi connectivity index (χ0v) is 12.7. The molecule has 0 aromatic heterocycles. The third kappa shape index (κ3) is 5.42. The minimum Gasteiger partial charge on any atom is -0.314 e. The average Bonchev–Trinajstić information content (AvgIpc) is 2.62. The molecular weight excluding hydrogens is 206 g/mol. The second-order valence-electron chi connectivity index (χ2n) is 7.22. The highest BCUT2D eigenvalue weighted by atomic mass is 14.9. The van der Waals surface area contributed by atoms with Crippen molar-refractivity contribution in [2.45, 2.75) is 79.2 Å². The van der Waals surface area contributed by atoms with Gasteiger partial charge in [0, 0.05) is 12.6 Å². The van der Waals surface area contributed by atoms with E-state index in [-0.39, 0.29) is 0 Å². The lowest BCUT2D eigenvalue weighted by molar-refractivity contribution is 0.213. The second-order valence-corrected chi connectivity index (χ2v) is 7.22. The van der Waals surface area contributed by atoms with Gasteiger partial charge in [0.25, 0.3) is 0 Å².